The van der Waals surface area contributed by atoms with E-state index in [1.54, 1.807) is 11.1 Å². The molecule has 2 fully saturated rings. The number of amides is 1. The van der Waals surface area contributed by atoms with Crippen LogP contribution < -0.4 is 10.7 Å². The third-order valence-electron chi connectivity index (χ3n) is 5.81. The number of guanidine groups is 1. The summed E-state index contributed by atoms with van der Waals surface area (Å²) in [4.78, 5) is 19.5. The van der Waals surface area contributed by atoms with Gasteiger partial charge in [0.1, 0.15) is 23.9 Å². The van der Waals surface area contributed by atoms with Gasteiger partial charge in [-0.2, -0.15) is 0 Å². The summed E-state index contributed by atoms with van der Waals surface area (Å²) < 4.78 is 22.5. The number of nitrogens with one attached hydrogen (secondary N) is 3. The molecule has 4 rings (SSSR count). The molecular weight excluding hydrogens is 445 g/mol. The largest absolute Gasteiger partial charge is 0.444 e. The van der Waals surface area contributed by atoms with Gasteiger partial charge in [0, 0.05) is 24.0 Å². The van der Waals surface area contributed by atoms with Crippen molar-refractivity contribution in [2.24, 2.45) is 10.9 Å². The van der Waals surface area contributed by atoms with Crippen molar-refractivity contribution in [2.45, 2.75) is 69.8 Å². The molecule has 9 nitrogen and oxygen atoms in total. The van der Waals surface area contributed by atoms with Gasteiger partial charge in [-0.1, -0.05) is 13.8 Å². The molecule has 0 spiro atoms. The minimum absolute atomic E-state index is 0.148. The lowest BCUT2D eigenvalue weighted by Gasteiger charge is -2.45. The number of nitrogens with zero attached hydrogens (tertiary/aromatic N) is 4. The van der Waals surface area contributed by atoms with Crippen LogP contribution in [0.4, 0.5) is 14.9 Å². The van der Waals surface area contributed by atoms with E-state index in [0.717, 1.165) is 17.9 Å². The molecule has 11 heteroatoms. The maximum absolute atomic E-state index is 14.8. The van der Waals surface area contributed by atoms with E-state index < -0.39 is 5.60 Å². The van der Waals surface area contributed by atoms with Crippen LogP contribution >= 0.6 is 11.9 Å². The zero-order valence-corrected chi connectivity index (χ0v) is 20.4. The van der Waals surface area contributed by atoms with Gasteiger partial charge >= 0.3 is 6.09 Å². The Balaban J connectivity index is 1.33. The first-order chi connectivity index (χ1) is 15.6. The number of carbonyl (C=O) groups excluding carboxylic acids is 1. The molecule has 0 bridgehead atoms. The van der Waals surface area contributed by atoms with Crippen molar-refractivity contribution in [1.29, 1.82) is 5.41 Å². The van der Waals surface area contributed by atoms with E-state index >= 15 is 0 Å². The minimum Gasteiger partial charge on any atom is -0.444 e. The number of hydrazine groups is 1. The molecule has 3 heterocycles. The molecule has 3 aliphatic rings. The van der Waals surface area contributed by atoms with Crippen LogP contribution in [0, 0.1) is 17.1 Å². The second-order valence-electron chi connectivity index (χ2n) is 9.84. The molecule has 3 unspecified atom stereocenters. The van der Waals surface area contributed by atoms with Crippen LogP contribution in [0.25, 0.3) is 0 Å². The summed E-state index contributed by atoms with van der Waals surface area (Å²) in [5.74, 6) is 0.234. The Bertz CT molecular complexity index is 951. The number of fused-ring (bicyclic) bond motifs is 1. The summed E-state index contributed by atoms with van der Waals surface area (Å²) in [6.45, 7) is 11.0. The average Bonchev–Trinajstić information content (AvgIpc) is 3.27. The highest BCUT2D eigenvalue weighted by Gasteiger charge is 2.50. The molecule has 2 saturated heterocycles. The van der Waals surface area contributed by atoms with Crippen molar-refractivity contribution < 1.29 is 13.9 Å². The zero-order valence-electron chi connectivity index (χ0n) is 19.6. The van der Waals surface area contributed by atoms with Crippen LogP contribution in [-0.4, -0.2) is 69.5 Å². The Morgan fingerprint density at radius 1 is 1.39 bits per heavy atom. The van der Waals surface area contributed by atoms with Gasteiger partial charge < -0.3 is 15.0 Å². The zero-order chi connectivity index (χ0) is 23.9. The van der Waals surface area contributed by atoms with Crippen molar-refractivity contribution in [1.82, 2.24) is 19.6 Å². The SMILES string of the molecule is CC(C)C1N=C(Nc2ccc(SN3CC4C3CCN4C(=O)OC(C)(C)C)cc2F)NN1C=N. The lowest BCUT2D eigenvalue weighted by atomic mass is 10.0. The molecule has 0 aromatic heterocycles. The van der Waals surface area contributed by atoms with Gasteiger partial charge in [-0.25, -0.2) is 18.5 Å². The number of ether oxygens (including phenoxy) is 1. The molecule has 0 radical (unpaired) electrons. The molecule has 0 saturated carbocycles. The lowest BCUT2D eigenvalue weighted by molar-refractivity contribution is 0.00926. The van der Waals surface area contributed by atoms with E-state index in [-0.39, 0.29) is 36.1 Å². The fourth-order valence-electron chi connectivity index (χ4n) is 4.20. The van der Waals surface area contributed by atoms with E-state index in [9.17, 15) is 9.18 Å². The van der Waals surface area contributed by atoms with Crippen LogP contribution in [0.2, 0.25) is 0 Å². The van der Waals surface area contributed by atoms with Crippen molar-refractivity contribution in [3.63, 3.8) is 0 Å². The van der Waals surface area contributed by atoms with E-state index in [0.29, 0.717) is 18.2 Å². The first kappa shape index (κ1) is 23.6. The Kier molecular flexibility index (Phi) is 6.45. The number of hydrogen-bond donors (Lipinski definition) is 3. The predicted octanol–water partition coefficient (Wildman–Crippen LogP) is 3.70. The van der Waals surface area contributed by atoms with Gasteiger partial charge in [0.15, 0.2) is 0 Å². The molecule has 3 atom stereocenters. The fraction of sp³-hybridized carbons (Fsp3) is 0.591. The van der Waals surface area contributed by atoms with Gasteiger partial charge in [0.25, 0.3) is 0 Å². The topological polar surface area (TPSA) is 96.3 Å². The lowest BCUT2D eigenvalue weighted by Crippen LogP contribution is -2.60. The highest BCUT2D eigenvalue weighted by molar-refractivity contribution is 7.97. The number of benzene rings is 1. The van der Waals surface area contributed by atoms with Gasteiger partial charge in [-0.3, -0.25) is 15.8 Å². The number of rotatable bonds is 5. The highest BCUT2D eigenvalue weighted by atomic mass is 32.2. The molecule has 1 aromatic rings. The highest BCUT2D eigenvalue weighted by Crippen LogP contribution is 2.41. The third-order valence-corrected chi connectivity index (χ3v) is 6.93. The summed E-state index contributed by atoms with van der Waals surface area (Å²) in [5.41, 5.74) is 2.78. The Labute approximate surface area is 198 Å². The number of carbonyl (C=O) groups is 1. The smallest absolute Gasteiger partial charge is 0.410 e. The molecule has 33 heavy (non-hydrogen) atoms. The van der Waals surface area contributed by atoms with Crippen molar-refractivity contribution >= 4 is 36.0 Å². The van der Waals surface area contributed by atoms with Gasteiger partial charge in [-0.05, 0) is 63.3 Å². The first-order valence-electron chi connectivity index (χ1n) is 11.2. The number of likely N-dealkylation sites (tertiary alicyclic amines) is 1. The van der Waals surface area contributed by atoms with Crippen LogP contribution in [0.15, 0.2) is 28.1 Å². The quantitative estimate of drug-likeness (QED) is 0.338. The van der Waals surface area contributed by atoms with Crippen LogP contribution in [0.5, 0.6) is 0 Å². The van der Waals surface area contributed by atoms with Gasteiger partial charge in [-0.15, -0.1) is 0 Å². The third kappa shape index (κ3) is 5.03. The summed E-state index contributed by atoms with van der Waals surface area (Å²) >= 11 is 1.51. The molecule has 1 aromatic carbocycles. The maximum atomic E-state index is 14.8. The molecule has 1 amide bonds. The van der Waals surface area contributed by atoms with Crippen molar-refractivity contribution in [3.05, 3.63) is 24.0 Å². The molecule has 3 aliphatic heterocycles. The van der Waals surface area contributed by atoms with E-state index in [1.165, 1.54) is 24.4 Å². The first-order valence-corrected chi connectivity index (χ1v) is 12.0. The Morgan fingerprint density at radius 3 is 2.76 bits per heavy atom. The monoisotopic (exact) mass is 477 g/mol. The number of hydrogen-bond acceptors (Lipinski definition) is 8. The van der Waals surface area contributed by atoms with Gasteiger partial charge in [0.05, 0.1) is 11.7 Å². The van der Waals surface area contributed by atoms with Crippen molar-refractivity contribution in [3.8, 4) is 0 Å². The van der Waals surface area contributed by atoms with E-state index in [1.807, 2.05) is 45.6 Å². The summed E-state index contributed by atoms with van der Waals surface area (Å²) in [6, 6.07) is 5.47. The second kappa shape index (κ2) is 9.02. The second-order valence-corrected chi connectivity index (χ2v) is 11.0. The molecular formula is C22H32FN7O2S. The fourth-order valence-corrected chi connectivity index (χ4v) is 5.36. The minimum atomic E-state index is -0.506. The summed E-state index contributed by atoms with van der Waals surface area (Å²) in [7, 11) is 0. The molecule has 0 aliphatic carbocycles. The number of halogens is 1. The van der Waals surface area contributed by atoms with Crippen LogP contribution in [0.1, 0.15) is 41.0 Å². The van der Waals surface area contributed by atoms with Crippen LogP contribution in [-0.2, 0) is 4.74 Å². The normalized spacial score (nSPS) is 24.8. The average molecular weight is 478 g/mol. The number of aliphatic imine (C=N–C) groups is 1. The van der Waals surface area contributed by atoms with Crippen LogP contribution in [0.3, 0.4) is 0 Å². The van der Waals surface area contributed by atoms with Crippen molar-refractivity contribution in [2.75, 3.05) is 18.4 Å². The van der Waals surface area contributed by atoms with E-state index in [4.69, 9.17) is 10.1 Å². The predicted molar refractivity (Wildman–Crippen MR) is 128 cm³/mol. The molecule has 3 N–H and O–H groups in total. The van der Waals surface area contributed by atoms with Gasteiger partial charge in [0.2, 0.25) is 5.96 Å². The molecule has 180 valence electrons. The summed E-state index contributed by atoms with van der Waals surface area (Å²) in [5, 5.41) is 12.1. The summed E-state index contributed by atoms with van der Waals surface area (Å²) in [6.07, 6.45) is 1.58. The maximum Gasteiger partial charge on any atom is 0.410 e. The Morgan fingerprint density at radius 2 is 2.15 bits per heavy atom. The van der Waals surface area contributed by atoms with E-state index in [2.05, 4.69) is 20.0 Å². The Hall–Kier alpha value is -2.53. The number of anilines is 1. The standard InChI is InChI=1S/C22H32FN7O2S/c1-13(2)19-26-20(27-29(19)12-24)25-16-7-6-14(10-15(16)23)33-30-11-18-17(30)8-9-28(18)21(31)32-22(3,4)5/h6-7,10,12-13,17-19,24H,8-9,11H2,1-5H3,(H2,25,26,27).